The summed E-state index contributed by atoms with van der Waals surface area (Å²) in [4.78, 5) is 27.8. The first-order valence-electron chi connectivity index (χ1n) is 8.03. The molecule has 2 amide bonds. The van der Waals surface area contributed by atoms with Crippen LogP contribution < -0.4 is 4.90 Å². The number of hydrogen-bond acceptors (Lipinski definition) is 4. The maximum absolute atomic E-state index is 12.5. The Hall–Kier alpha value is -2.88. The Morgan fingerprint density at radius 2 is 1.85 bits per heavy atom. The van der Waals surface area contributed by atoms with Gasteiger partial charge in [0, 0.05) is 18.1 Å². The Balaban J connectivity index is 1.72. The second kappa shape index (κ2) is 7.56. The molecule has 0 radical (unpaired) electrons. The summed E-state index contributed by atoms with van der Waals surface area (Å²) in [6.45, 7) is 0.384. The van der Waals surface area contributed by atoms with Crippen LogP contribution in [0.4, 0.5) is 5.69 Å². The van der Waals surface area contributed by atoms with Gasteiger partial charge in [-0.15, -0.1) is 0 Å². The fourth-order valence-corrected chi connectivity index (χ4v) is 3.01. The van der Waals surface area contributed by atoms with E-state index < -0.39 is 12.0 Å². The average molecular weight is 370 g/mol. The molecule has 2 aromatic carbocycles. The smallest absolute Gasteiger partial charge is 0.256 e. The summed E-state index contributed by atoms with van der Waals surface area (Å²) in [6.07, 6.45) is -1.35. The molecule has 1 saturated heterocycles. The van der Waals surface area contributed by atoms with E-state index in [2.05, 4.69) is 6.07 Å². The van der Waals surface area contributed by atoms with Gasteiger partial charge in [-0.2, -0.15) is 5.26 Å². The molecule has 7 heteroatoms. The number of carbonyl (C=O) groups excluding carboxylic acids is 2. The van der Waals surface area contributed by atoms with Crippen LogP contribution in [-0.4, -0.2) is 41.5 Å². The number of nitriles is 1. The zero-order chi connectivity index (χ0) is 18.7. The Labute approximate surface area is 155 Å². The van der Waals surface area contributed by atoms with E-state index >= 15 is 0 Å². The quantitative estimate of drug-likeness (QED) is 0.898. The van der Waals surface area contributed by atoms with Gasteiger partial charge >= 0.3 is 0 Å². The molecule has 0 saturated carbocycles. The molecule has 0 unspecified atom stereocenters. The number of amides is 2. The molecule has 0 aliphatic carbocycles. The van der Waals surface area contributed by atoms with Gasteiger partial charge in [-0.1, -0.05) is 35.9 Å². The number of nitrogens with zero attached hydrogens (tertiary/aromatic N) is 3. The molecule has 26 heavy (non-hydrogen) atoms. The highest BCUT2D eigenvalue weighted by molar-refractivity contribution is 6.30. The van der Waals surface area contributed by atoms with E-state index in [-0.39, 0.29) is 25.5 Å². The minimum Gasteiger partial charge on any atom is -0.378 e. The van der Waals surface area contributed by atoms with Crippen molar-refractivity contribution in [3.63, 3.8) is 0 Å². The average Bonchev–Trinajstić information content (AvgIpc) is 2.67. The van der Waals surface area contributed by atoms with Crippen molar-refractivity contribution in [1.29, 1.82) is 5.26 Å². The number of benzene rings is 2. The molecule has 1 aliphatic rings. The second-order valence-electron chi connectivity index (χ2n) is 5.89. The van der Waals surface area contributed by atoms with E-state index in [4.69, 9.17) is 11.6 Å². The van der Waals surface area contributed by atoms with Crippen LogP contribution in [-0.2, 0) is 9.59 Å². The van der Waals surface area contributed by atoms with Gasteiger partial charge in [-0.05, 0) is 29.8 Å². The Morgan fingerprint density at radius 3 is 2.50 bits per heavy atom. The molecule has 1 atom stereocenters. The summed E-state index contributed by atoms with van der Waals surface area (Å²) in [6, 6.07) is 15.2. The van der Waals surface area contributed by atoms with Crippen molar-refractivity contribution in [3.8, 4) is 6.07 Å². The van der Waals surface area contributed by atoms with E-state index in [0.29, 0.717) is 21.8 Å². The summed E-state index contributed by atoms with van der Waals surface area (Å²) < 4.78 is 0. The van der Waals surface area contributed by atoms with E-state index in [1.807, 2.05) is 0 Å². The lowest BCUT2D eigenvalue weighted by atomic mass is 10.1. The number of carbonyl (C=O) groups is 2. The zero-order valence-corrected chi connectivity index (χ0v) is 14.6. The predicted octanol–water partition coefficient (Wildman–Crippen LogP) is 2.12. The van der Waals surface area contributed by atoms with Crippen LogP contribution >= 0.6 is 11.6 Å². The maximum Gasteiger partial charge on any atom is 0.256 e. The van der Waals surface area contributed by atoms with E-state index in [0.717, 1.165) is 0 Å². The molecule has 1 aliphatic heterocycles. The Morgan fingerprint density at radius 1 is 1.15 bits per heavy atom. The fourth-order valence-electron chi connectivity index (χ4n) is 2.88. The maximum atomic E-state index is 12.5. The van der Waals surface area contributed by atoms with Crippen LogP contribution in [0, 0.1) is 11.3 Å². The van der Waals surface area contributed by atoms with Crippen LogP contribution in [0.1, 0.15) is 17.2 Å². The standard InChI is InChI=1S/C19H16ClN3O3/c20-15-7-5-13(6-8-15)18(25)19(26)22-9-10-23(17(24)12-22)16-4-2-1-3-14(16)11-21/h1-8,18,25H,9-10,12H2/t18-/m1/s1. The number of piperazine rings is 1. The van der Waals surface area contributed by atoms with Crippen molar-refractivity contribution in [3.05, 3.63) is 64.7 Å². The summed E-state index contributed by atoms with van der Waals surface area (Å²) in [5.74, 6) is -0.829. The number of rotatable bonds is 3. The predicted molar refractivity (Wildman–Crippen MR) is 96.5 cm³/mol. The highest BCUT2D eigenvalue weighted by Crippen LogP contribution is 2.24. The van der Waals surface area contributed by atoms with Gasteiger partial charge in [-0.25, -0.2) is 0 Å². The lowest BCUT2D eigenvalue weighted by molar-refractivity contribution is -0.144. The first-order valence-corrected chi connectivity index (χ1v) is 8.41. The minimum absolute atomic E-state index is 0.150. The number of aliphatic hydroxyl groups excluding tert-OH is 1. The lowest BCUT2D eigenvalue weighted by Gasteiger charge is -2.35. The third-order valence-corrected chi connectivity index (χ3v) is 4.52. The molecule has 0 spiro atoms. The third-order valence-electron chi connectivity index (χ3n) is 4.27. The Bertz CT molecular complexity index is 876. The molecule has 0 aromatic heterocycles. The summed E-state index contributed by atoms with van der Waals surface area (Å²) in [5, 5.41) is 20.0. The number of para-hydroxylation sites is 1. The van der Waals surface area contributed by atoms with Gasteiger partial charge in [0.1, 0.15) is 12.6 Å². The normalized spacial score (nSPS) is 15.5. The van der Waals surface area contributed by atoms with E-state index in [1.54, 1.807) is 48.5 Å². The van der Waals surface area contributed by atoms with E-state index in [1.165, 1.54) is 9.80 Å². The van der Waals surface area contributed by atoms with Gasteiger partial charge in [0.15, 0.2) is 6.10 Å². The summed E-state index contributed by atoms with van der Waals surface area (Å²) >= 11 is 5.81. The first-order chi connectivity index (χ1) is 12.5. The largest absolute Gasteiger partial charge is 0.378 e. The molecule has 6 nitrogen and oxygen atoms in total. The van der Waals surface area contributed by atoms with Crippen LogP contribution in [0.5, 0.6) is 0 Å². The molecule has 3 rings (SSSR count). The van der Waals surface area contributed by atoms with Crippen molar-refractivity contribution in [2.45, 2.75) is 6.10 Å². The van der Waals surface area contributed by atoms with Crippen molar-refractivity contribution < 1.29 is 14.7 Å². The number of aliphatic hydroxyl groups is 1. The van der Waals surface area contributed by atoms with Crippen molar-refractivity contribution in [2.75, 3.05) is 24.5 Å². The van der Waals surface area contributed by atoms with Gasteiger partial charge < -0.3 is 14.9 Å². The molecule has 1 fully saturated rings. The SMILES string of the molecule is N#Cc1ccccc1N1CCN(C(=O)[C@H](O)c2ccc(Cl)cc2)CC1=O. The number of hydrogen-bond donors (Lipinski definition) is 1. The lowest BCUT2D eigenvalue weighted by Crippen LogP contribution is -2.53. The van der Waals surface area contributed by atoms with Gasteiger partial charge in [0.2, 0.25) is 5.91 Å². The zero-order valence-electron chi connectivity index (χ0n) is 13.8. The van der Waals surface area contributed by atoms with Crippen LogP contribution in [0.25, 0.3) is 0 Å². The second-order valence-corrected chi connectivity index (χ2v) is 6.32. The minimum atomic E-state index is -1.35. The van der Waals surface area contributed by atoms with Crippen molar-refractivity contribution in [2.24, 2.45) is 0 Å². The molecule has 2 aromatic rings. The monoisotopic (exact) mass is 369 g/mol. The molecule has 1 N–H and O–H groups in total. The summed E-state index contributed by atoms with van der Waals surface area (Å²) in [5.41, 5.74) is 1.36. The number of anilines is 1. The van der Waals surface area contributed by atoms with Gasteiger partial charge in [0.05, 0.1) is 11.3 Å². The topological polar surface area (TPSA) is 84.6 Å². The van der Waals surface area contributed by atoms with Crippen molar-refractivity contribution >= 4 is 29.1 Å². The first kappa shape index (κ1) is 17.9. The summed E-state index contributed by atoms with van der Waals surface area (Å²) in [7, 11) is 0. The molecule has 1 heterocycles. The third kappa shape index (κ3) is 3.54. The molecule has 132 valence electrons. The van der Waals surface area contributed by atoms with Crippen LogP contribution in [0.3, 0.4) is 0 Å². The highest BCUT2D eigenvalue weighted by atomic mass is 35.5. The van der Waals surface area contributed by atoms with Gasteiger partial charge in [-0.3, -0.25) is 9.59 Å². The number of halogens is 1. The van der Waals surface area contributed by atoms with E-state index in [9.17, 15) is 20.0 Å². The Kier molecular flexibility index (Phi) is 5.21. The van der Waals surface area contributed by atoms with Crippen LogP contribution in [0.15, 0.2) is 48.5 Å². The van der Waals surface area contributed by atoms with Gasteiger partial charge in [0.25, 0.3) is 5.91 Å². The van der Waals surface area contributed by atoms with Crippen molar-refractivity contribution in [1.82, 2.24) is 4.90 Å². The highest BCUT2D eigenvalue weighted by Gasteiger charge is 2.32. The molecule has 0 bridgehead atoms. The fraction of sp³-hybridized carbons (Fsp3) is 0.211. The molecular formula is C19H16ClN3O3. The van der Waals surface area contributed by atoms with Crippen LogP contribution in [0.2, 0.25) is 5.02 Å². The molecular weight excluding hydrogens is 354 g/mol.